The zero-order chi connectivity index (χ0) is 39.0. The van der Waals surface area contributed by atoms with E-state index in [1.807, 2.05) is 0 Å². The fourth-order valence-electron chi connectivity index (χ4n) is 6.06. The van der Waals surface area contributed by atoms with E-state index >= 15 is 4.39 Å². The molecule has 11 nitrogen and oxygen atoms in total. The standard InChI is InChI=1S/C34H34ClF7N8O3/c1-32(2,3)16-34(20-6-7-21(24(36)12-20)19-13-45-48(14-19)29(37)38)28(52)49(31(43)47-34)25(15-53-26(51)9-10-33(4,41)42)18-5-8-23(35)22(11-18)27-44-17-46-50(27)30(39)40/h5-8,11-14,17,25,29-30H,9-10,15-16H2,1-4H3,(H2,43,47)/t25-,34-/m1/s1. The molecule has 1 aliphatic heterocycles. The minimum Gasteiger partial charge on any atom is -0.463 e. The van der Waals surface area contributed by atoms with E-state index in [-0.39, 0.29) is 45.1 Å². The van der Waals surface area contributed by atoms with Crippen molar-refractivity contribution >= 4 is 29.4 Å². The van der Waals surface area contributed by atoms with Crippen LogP contribution in [0.25, 0.3) is 22.5 Å². The number of guanidine groups is 1. The fraction of sp³-hybridized carbons (Fsp3) is 0.412. The molecule has 0 aliphatic carbocycles. The predicted molar refractivity (Wildman–Crippen MR) is 178 cm³/mol. The van der Waals surface area contributed by atoms with E-state index in [1.165, 1.54) is 30.3 Å². The van der Waals surface area contributed by atoms with Crippen LogP contribution in [-0.2, 0) is 19.9 Å². The van der Waals surface area contributed by atoms with Gasteiger partial charge in [-0.3, -0.25) is 14.5 Å². The quantitative estimate of drug-likeness (QED) is 0.108. The first-order valence-corrected chi connectivity index (χ1v) is 16.4. The van der Waals surface area contributed by atoms with Crippen LogP contribution in [-0.4, -0.2) is 59.8 Å². The summed E-state index contributed by atoms with van der Waals surface area (Å²) in [5.41, 5.74) is 4.03. The van der Waals surface area contributed by atoms with Gasteiger partial charge in [0, 0.05) is 29.3 Å². The number of aliphatic imine (C=N–C) groups is 1. The number of rotatable bonds is 13. The number of esters is 1. The Balaban J connectivity index is 1.60. The summed E-state index contributed by atoms with van der Waals surface area (Å²) < 4.78 is 103. The van der Waals surface area contributed by atoms with Gasteiger partial charge in [-0.25, -0.2) is 27.8 Å². The van der Waals surface area contributed by atoms with Gasteiger partial charge in [0.15, 0.2) is 17.3 Å². The monoisotopic (exact) mass is 770 g/mol. The highest BCUT2D eigenvalue weighted by Gasteiger charge is 2.53. The van der Waals surface area contributed by atoms with Crippen LogP contribution in [0.1, 0.15) is 77.2 Å². The third-order valence-electron chi connectivity index (χ3n) is 8.33. The number of benzene rings is 2. The molecule has 19 heteroatoms. The zero-order valence-electron chi connectivity index (χ0n) is 28.7. The first-order valence-electron chi connectivity index (χ1n) is 16.0. The van der Waals surface area contributed by atoms with E-state index in [0.29, 0.717) is 16.3 Å². The van der Waals surface area contributed by atoms with E-state index < -0.39 is 79.1 Å². The number of nitrogens with two attached hydrogens (primary N) is 1. The van der Waals surface area contributed by atoms with Gasteiger partial charge >= 0.3 is 19.1 Å². The normalized spacial score (nSPS) is 17.2. The van der Waals surface area contributed by atoms with Crippen molar-refractivity contribution < 1.29 is 45.1 Å². The number of halogens is 8. The average Bonchev–Trinajstić information content (AvgIpc) is 3.80. The molecule has 284 valence electrons. The maximum Gasteiger partial charge on any atom is 0.335 e. The second kappa shape index (κ2) is 14.8. The highest BCUT2D eigenvalue weighted by atomic mass is 35.5. The van der Waals surface area contributed by atoms with Crippen molar-refractivity contribution in [2.24, 2.45) is 16.1 Å². The molecule has 2 aromatic carbocycles. The summed E-state index contributed by atoms with van der Waals surface area (Å²) in [6.45, 7) is -0.690. The molecule has 0 unspecified atom stereocenters. The Kier molecular flexibility index (Phi) is 10.9. The van der Waals surface area contributed by atoms with Crippen molar-refractivity contribution in [1.82, 2.24) is 29.4 Å². The lowest BCUT2D eigenvalue weighted by molar-refractivity contribution is -0.149. The molecule has 0 saturated heterocycles. The minimum atomic E-state index is -3.17. The van der Waals surface area contributed by atoms with Crippen molar-refractivity contribution in [1.29, 1.82) is 0 Å². The third kappa shape index (κ3) is 8.47. The first-order chi connectivity index (χ1) is 24.7. The molecule has 2 N–H and O–H groups in total. The third-order valence-corrected chi connectivity index (χ3v) is 8.66. The van der Waals surface area contributed by atoms with E-state index in [2.05, 4.69) is 20.2 Å². The van der Waals surface area contributed by atoms with Gasteiger partial charge in [-0.15, -0.1) is 0 Å². The van der Waals surface area contributed by atoms with Gasteiger partial charge in [0.05, 0.1) is 23.7 Å². The van der Waals surface area contributed by atoms with Gasteiger partial charge in [-0.05, 0) is 48.1 Å². The molecule has 0 fully saturated rings. The number of alkyl halides is 6. The Labute approximate surface area is 303 Å². The summed E-state index contributed by atoms with van der Waals surface area (Å²) >= 11 is 6.39. The molecular weight excluding hydrogens is 737 g/mol. The molecule has 0 bridgehead atoms. The van der Waals surface area contributed by atoms with E-state index in [9.17, 15) is 35.9 Å². The zero-order valence-corrected chi connectivity index (χ0v) is 29.5. The van der Waals surface area contributed by atoms with Gasteiger partial charge in [0.25, 0.3) is 5.91 Å². The van der Waals surface area contributed by atoms with E-state index in [0.717, 1.165) is 29.7 Å². The lowest BCUT2D eigenvalue weighted by Gasteiger charge is -2.35. The summed E-state index contributed by atoms with van der Waals surface area (Å²) in [4.78, 5) is 36.9. The maximum atomic E-state index is 15.8. The van der Waals surface area contributed by atoms with Gasteiger partial charge < -0.3 is 10.5 Å². The average molecular weight is 771 g/mol. The number of hydrogen-bond donors (Lipinski definition) is 1. The summed E-state index contributed by atoms with van der Waals surface area (Å²) in [6, 6.07) is 6.42. The maximum absolute atomic E-state index is 15.8. The second-order valence-corrected chi connectivity index (χ2v) is 14.1. The van der Waals surface area contributed by atoms with Crippen molar-refractivity contribution in [3.05, 3.63) is 77.1 Å². The van der Waals surface area contributed by atoms with Crippen molar-refractivity contribution in [2.75, 3.05) is 6.61 Å². The predicted octanol–water partition coefficient (Wildman–Crippen LogP) is 7.90. The summed E-state index contributed by atoms with van der Waals surface area (Å²) in [5.74, 6) is -6.61. The highest BCUT2D eigenvalue weighted by molar-refractivity contribution is 6.33. The summed E-state index contributed by atoms with van der Waals surface area (Å²) in [6.07, 6.45) is 1.37. The molecule has 5 rings (SSSR count). The first kappa shape index (κ1) is 39.2. The fourth-order valence-corrected chi connectivity index (χ4v) is 6.26. The van der Waals surface area contributed by atoms with Crippen LogP contribution in [0.4, 0.5) is 30.7 Å². The van der Waals surface area contributed by atoms with Crippen LogP contribution in [0, 0.1) is 11.2 Å². The number of nitrogens with zero attached hydrogens (tertiary/aromatic N) is 7. The van der Waals surface area contributed by atoms with Crippen LogP contribution in [0.15, 0.2) is 60.1 Å². The number of hydrogen-bond acceptors (Lipinski definition) is 8. The number of carbonyl (C=O) groups excluding carboxylic acids is 2. The number of ether oxygens (including phenoxy) is 1. The van der Waals surface area contributed by atoms with Crippen LogP contribution in [0.5, 0.6) is 0 Å². The molecule has 3 heterocycles. The molecule has 0 spiro atoms. The molecule has 2 aromatic heterocycles. The van der Waals surface area contributed by atoms with E-state index in [4.69, 9.17) is 22.1 Å². The lowest BCUT2D eigenvalue weighted by atomic mass is 9.75. The van der Waals surface area contributed by atoms with E-state index in [1.54, 1.807) is 20.8 Å². The Morgan fingerprint density at radius 3 is 2.34 bits per heavy atom. The van der Waals surface area contributed by atoms with Crippen molar-refractivity contribution in [3.8, 4) is 22.5 Å². The van der Waals surface area contributed by atoms with Gasteiger partial charge in [-0.1, -0.05) is 50.6 Å². The number of amides is 1. The Morgan fingerprint density at radius 1 is 1.02 bits per heavy atom. The topological polar surface area (TPSA) is 134 Å². The van der Waals surface area contributed by atoms with Crippen molar-refractivity contribution in [2.45, 2.75) is 77.6 Å². The Hall–Kier alpha value is -5.00. The Morgan fingerprint density at radius 2 is 1.74 bits per heavy atom. The highest BCUT2D eigenvalue weighted by Crippen LogP contribution is 2.46. The molecule has 0 saturated carbocycles. The summed E-state index contributed by atoms with van der Waals surface area (Å²) in [7, 11) is 0. The van der Waals surface area contributed by atoms with Gasteiger partial charge in [0.2, 0.25) is 5.92 Å². The van der Waals surface area contributed by atoms with Gasteiger partial charge in [0.1, 0.15) is 18.8 Å². The Bertz CT molecular complexity index is 2020. The SMILES string of the molecule is CC(C)(C)C[C@]1(c2ccc(-c3cnn(C(F)F)c3)c(F)c2)N=C(N)N([C@H](COC(=O)CCC(C)(F)F)c2ccc(Cl)c(-c3ncnn3C(F)F)c2)C1=O. The van der Waals surface area contributed by atoms with Crippen LogP contribution in [0.3, 0.4) is 0 Å². The smallest absolute Gasteiger partial charge is 0.335 e. The summed E-state index contributed by atoms with van der Waals surface area (Å²) in [5, 5.41) is 7.04. The van der Waals surface area contributed by atoms with Gasteiger partial charge in [-0.2, -0.15) is 32.4 Å². The van der Waals surface area contributed by atoms with Crippen molar-refractivity contribution in [3.63, 3.8) is 0 Å². The number of aromatic nitrogens is 5. The lowest BCUT2D eigenvalue weighted by Crippen LogP contribution is -2.47. The molecule has 1 amide bonds. The van der Waals surface area contributed by atoms with Crippen LogP contribution < -0.4 is 5.73 Å². The number of carbonyl (C=O) groups is 2. The molecule has 0 radical (unpaired) electrons. The molecular formula is C34H34ClF7N8O3. The largest absolute Gasteiger partial charge is 0.463 e. The molecule has 4 aromatic rings. The molecule has 1 aliphatic rings. The molecule has 53 heavy (non-hydrogen) atoms. The van der Waals surface area contributed by atoms with Crippen LogP contribution >= 0.6 is 11.6 Å². The molecule has 2 atom stereocenters. The second-order valence-electron chi connectivity index (χ2n) is 13.7. The van der Waals surface area contributed by atoms with Crippen LogP contribution in [0.2, 0.25) is 5.02 Å². The minimum absolute atomic E-state index is 0.0318.